The molecule has 0 spiro atoms. The lowest BCUT2D eigenvalue weighted by atomic mass is 9.92. The molecule has 0 unspecified atom stereocenters. The van der Waals surface area contributed by atoms with Crippen LogP contribution in [0.4, 0.5) is 0 Å². The molecule has 2 aliphatic rings. The number of allylic oxidation sites excluding steroid dienone is 1. The molecule has 0 atom stereocenters. The predicted octanol–water partition coefficient (Wildman–Crippen LogP) is 3.52. The van der Waals surface area contributed by atoms with Crippen LogP contribution in [0.3, 0.4) is 0 Å². The second kappa shape index (κ2) is 9.60. The average molecular weight is 295 g/mol. The summed E-state index contributed by atoms with van der Waals surface area (Å²) in [5.41, 5.74) is 1.69. The Morgan fingerprint density at radius 2 is 1.95 bits per heavy atom. The Bertz CT molecular complexity index is 310. The molecule has 1 aliphatic heterocycles. The van der Waals surface area contributed by atoms with Gasteiger partial charge in [-0.3, -0.25) is 0 Å². The fourth-order valence-electron chi connectivity index (χ4n) is 3.18. The zero-order valence-corrected chi connectivity index (χ0v) is 13.7. The first-order valence-electron chi connectivity index (χ1n) is 8.90. The highest BCUT2D eigenvalue weighted by Crippen LogP contribution is 2.23. The van der Waals surface area contributed by atoms with Gasteiger partial charge in [-0.15, -0.1) is 0 Å². The van der Waals surface area contributed by atoms with Crippen molar-refractivity contribution < 1.29 is 9.84 Å². The number of rotatable bonds is 8. The standard InChI is InChI=1S/C18H33NO2/c1-19-11-7-9-16(10-12-19)8-5-3-2-4-6-13-21-18-14-17(20)15-18/h8,17-18,20H,2-7,9-15H2,1H3/b16-8-/t17-,18-. The fraction of sp³-hybridized carbons (Fsp3) is 0.889. The number of hydrogen-bond donors (Lipinski definition) is 1. The van der Waals surface area contributed by atoms with E-state index in [4.69, 9.17) is 9.84 Å². The van der Waals surface area contributed by atoms with Gasteiger partial charge in [-0.05, 0) is 65.0 Å². The van der Waals surface area contributed by atoms with Crippen LogP contribution in [-0.4, -0.2) is 49.0 Å². The zero-order chi connectivity index (χ0) is 14.9. The predicted molar refractivity (Wildman–Crippen MR) is 87.5 cm³/mol. The van der Waals surface area contributed by atoms with E-state index in [9.17, 15) is 0 Å². The summed E-state index contributed by atoms with van der Waals surface area (Å²) in [6, 6.07) is 0. The number of aliphatic hydroxyl groups is 1. The normalized spacial score (nSPS) is 29.3. The van der Waals surface area contributed by atoms with Gasteiger partial charge in [-0.25, -0.2) is 0 Å². The number of nitrogens with zero attached hydrogens (tertiary/aromatic N) is 1. The van der Waals surface area contributed by atoms with Gasteiger partial charge in [-0.2, -0.15) is 0 Å². The van der Waals surface area contributed by atoms with Crippen molar-refractivity contribution in [3.63, 3.8) is 0 Å². The monoisotopic (exact) mass is 295 g/mol. The van der Waals surface area contributed by atoms with Gasteiger partial charge >= 0.3 is 0 Å². The SMILES string of the molecule is CN1CCC/C(=C/CCCCCCO[C@H]2C[C@H](O)C2)CC1. The molecule has 1 saturated heterocycles. The van der Waals surface area contributed by atoms with Crippen LogP contribution in [0.2, 0.25) is 0 Å². The Balaban J connectivity index is 1.41. The summed E-state index contributed by atoms with van der Waals surface area (Å²) in [6.07, 6.45) is 14.7. The molecule has 0 radical (unpaired) electrons. The van der Waals surface area contributed by atoms with Crippen LogP contribution in [0.5, 0.6) is 0 Å². The van der Waals surface area contributed by atoms with Gasteiger partial charge in [0, 0.05) is 13.2 Å². The summed E-state index contributed by atoms with van der Waals surface area (Å²) in [5, 5.41) is 9.17. The van der Waals surface area contributed by atoms with Crippen LogP contribution in [0.25, 0.3) is 0 Å². The van der Waals surface area contributed by atoms with Crippen molar-refractivity contribution in [3.8, 4) is 0 Å². The second-order valence-electron chi connectivity index (χ2n) is 6.84. The number of ether oxygens (including phenoxy) is 1. The molecular formula is C18H33NO2. The fourth-order valence-corrected chi connectivity index (χ4v) is 3.18. The first-order chi connectivity index (χ1) is 10.2. The van der Waals surface area contributed by atoms with E-state index in [1.807, 2.05) is 0 Å². The van der Waals surface area contributed by atoms with Gasteiger partial charge in [0.2, 0.25) is 0 Å². The first-order valence-corrected chi connectivity index (χ1v) is 8.90. The Morgan fingerprint density at radius 1 is 1.14 bits per heavy atom. The number of hydrogen-bond acceptors (Lipinski definition) is 3. The molecule has 0 aromatic heterocycles. The van der Waals surface area contributed by atoms with Crippen LogP contribution >= 0.6 is 0 Å². The van der Waals surface area contributed by atoms with E-state index >= 15 is 0 Å². The van der Waals surface area contributed by atoms with E-state index in [1.165, 1.54) is 64.5 Å². The van der Waals surface area contributed by atoms with Crippen molar-refractivity contribution in [2.75, 3.05) is 26.7 Å². The third kappa shape index (κ3) is 6.94. The molecule has 122 valence electrons. The molecule has 1 heterocycles. The minimum absolute atomic E-state index is 0.0909. The quantitative estimate of drug-likeness (QED) is 0.549. The zero-order valence-electron chi connectivity index (χ0n) is 13.7. The summed E-state index contributed by atoms with van der Waals surface area (Å²) in [4.78, 5) is 2.45. The van der Waals surface area contributed by atoms with Crippen molar-refractivity contribution in [1.29, 1.82) is 0 Å². The van der Waals surface area contributed by atoms with Crippen molar-refractivity contribution >= 4 is 0 Å². The minimum Gasteiger partial charge on any atom is -0.393 e. The first kappa shape index (κ1) is 17.0. The largest absolute Gasteiger partial charge is 0.393 e. The van der Waals surface area contributed by atoms with Crippen molar-refractivity contribution in [2.45, 2.75) is 76.4 Å². The average Bonchev–Trinajstić information content (AvgIpc) is 2.64. The highest BCUT2D eigenvalue weighted by Gasteiger charge is 2.27. The number of aliphatic hydroxyl groups excluding tert-OH is 1. The third-order valence-electron chi connectivity index (χ3n) is 4.81. The second-order valence-corrected chi connectivity index (χ2v) is 6.84. The third-order valence-corrected chi connectivity index (χ3v) is 4.81. The highest BCUT2D eigenvalue weighted by atomic mass is 16.5. The molecule has 1 N–H and O–H groups in total. The maximum Gasteiger partial charge on any atom is 0.0624 e. The van der Waals surface area contributed by atoms with Gasteiger partial charge in [0.05, 0.1) is 12.2 Å². The highest BCUT2D eigenvalue weighted by molar-refractivity contribution is 5.03. The summed E-state index contributed by atoms with van der Waals surface area (Å²) >= 11 is 0. The van der Waals surface area contributed by atoms with E-state index in [2.05, 4.69) is 18.0 Å². The van der Waals surface area contributed by atoms with Gasteiger partial charge in [-0.1, -0.05) is 24.5 Å². The van der Waals surface area contributed by atoms with Gasteiger partial charge in [0.15, 0.2) is 0 Å². The Morgan fingerprint density at radius 3 is 2.76 bits per heavy atom. The Labute approximate surface area is 130 Å². The number of likely N-dealkylation sites (tertiary alicyclic amines) is 1. The van der Waals surface area contributed by atoms with Crippen molar-refractivity contribution in [2.24, 2.45) is 0 Å². The van der Waals surface area contributed by atoms with E-state index in [1.54, 1.807) is 5.57 Å². The van der Waals surface area contributed by atoms with Gasteiger partial charge in [0.1, 0.15) is 0 Å². The molecule has 2 rings (SSSR count). The Kier molecular flexibility index (Phi) is 7.76. The Hall–Kier alpha value is -0.380. The van der Waals surface area contributed by atoms with Crippen LogP contribution in [0, 0.1) is 0 Å². The lowest BCUT2D eigenvalue weighted by Gasteiger charge is -2.31. The molecule has 3 heteroatoms. The van der Waals surface area contributed by atoms with E-state index in [0.717, 1.165) is 19.4 Å². The lowest BCUT2D eigenvalue weighted by molar-refractivity contribution is -0.0714. The van der Waals surface area contributed by atoms with Crippen molar-refractivity contribution in [1.82, 2.24) is 4.90 Å². The summed E-state index contributed by atoms with van der Waals surface area (Å²) in [5.74, 6) is 0. The van der Waals surface area contributed by atoms with Crippen LogP contribution in [-0.2, 0) is 4.74 Å². The summed E-state index contributed by atoms with van der Waals surface area (Å²) < 4.78 is 5.70. The molecule has 0 aromatic carbocycles. The minimum atomic E-state index is -0.0909. The molecule has 1 aliphatic carbocycles. The van der Waals surface area contributed by atoms with E-state index in [-0.39, 0.29) is 6.10 Å². The molecule has 21 heavy (non-hydrogen) atoms. The summed E-state index contributed by atoms with van der Waals surface area (Å²) in [6.45, 7) is 3.37. The molecule has 2 fully saturated rings. The molecule has 3 nitrogen and oxygen atoms in total. The lowest BCUT2D eigenvalue weighted by Crippen LogP contribution is -2.35. The number of unbranched alkanes of at least 4 members (excludes halogenated alkanes) is 4. The van der Waals surface area contributed by atoms with Gasteiger partial charge in [0.25, 0.3) is 0 Å². The molecule has 1 saturated carbocycles. The molecule has 0 aromatic rings. The topological polar surface area (TPSA) is 32.7 Å². The summed E-state index contributed by atoms with van der Waals surface area (Å²) in [7, 11) is 2.23. The maximum atomic E-state index is 9.17. The van der Waals surface area contributed by atoms with Crippen LogP contribution in [0.1, 0.15) is 64.2 Å². The maximum absolute atomic E-state index is 9.17. The smallest absolute Gasteiger partial charge is 0.0624 e. The molecule has 0 amide bonds. The van der Waals surface area contributed by atoms with Crippen LogP contribution in [0.15, 0.2) is 11.6 Å². The van der Waals surface area contributed by atoms with Crippen LogP contribution < -0.4 is 0 Å². The molecule has 0 bridgehead atoms. The van der Waals surface area contributed by atoms with Gasteiger partial charge < -0.3 is 14.7 Å². The van der Waals surface area contributed by atoms with E-state index < -0.39 is 0 Å². The van der Waals surface area contributed by atoms with E-state index in [0.29, 0.717) is 6.10 Å². The van der Waals surface area contributed by atoms with Crippen molar-refractivity contribution in [3.05, 3.63) is 11.6 Å². The molecular weight excluding hydrogens is 262 g/mol.